The minimum Gasteiger partial charge on any atom is -0.480 e. The van der Waals surface area contributed by atoms with E-state index in [1.807, 2.05) is 6.92 Å². The fraction of sp³-hybridized carbons (Fsp3) is 0.200. The number of aryl methyl sites for hydroxylation is 1. The van der Waals surface area contributed by atoms with Gasteiger partial charge in [-0.25, -0.2) is 9.48 Å². The van der Waals surface area contributed by atoms with Crippen LogP contribution in [0.2, 0.25) is 0 Å². The van der Waals surface area contributed by atoms with Gasteiger partial charge in [-0.2, -0.15) is 5.10 Å². The van der Waals surface area contributed by atoms with E-state index in [0.29, 0.717) is 23.1 Å². The summed E-state index contributed by atoms with van der Waals surface area (Å²) < 4.78 is 11.2. The van der Waals surface area contributed by atoms with E-state index in [-0.39, 0.29) is 5.69 Å². The Balaban J connectivity index is 2.13. The van der Waals surface area contributed by atoms with Crippen molar-refractivity contribution in [1.82, 2.24) is 29.9 Å². The molecular weight excluding hydrogens is 312 g/mol. The second-order valence-corrected chi connectivity index (χ2v) is 4.80. The zero-order valence-electron chi connectivity index (χ0n) is 13.3. The second kappa shape index (κ2) is 6.41. The number of ether oxygens (including phenoxy) is 2. The van der Waals surface area contributed by atoms with E-state index in [1.165, 1.54) is 18.9 Å². The summed E-state index contributed by atoms with van der Waals surface area (Å²) in [6.07, 6.45) is 3.23. The second-order valence-electron chi connectivity index (χ2n) is 4.80. The zero-order valence-corrected chi connectivity index (χ0v) is 13.3. The van der Waals surface area contributed by atoms with E-state index in [1.54, 1.807) is 30.6 Å². The third-order valence-corrected chi connectivity index (χ3v) is 3.20. The molecule has 3 rings (SSSR count). The molecule has 0 aliphatic rings. The number of nitrogens with zero attached hydrogens (tertiary/aromatic N) is 6. The number of methoxy groups -OCH3 is 2. The first-order valence-electron chi connectivity index (χ1n) is 6.98. The first kappa shape index (κ1) is 15.5. The Hall–Kier alpha value is -3.36. The van der Waals surface area contributed by atoms with Crippen molar-refractivity contribution in [2.24, 2.45) is 0 Å². The van der Waals surface area contributed by atoms with Gasteiger partial charge >= 0.3 is 5.97 Å². The number of rotatable bonds is 4. The van der Waals surface area contributed by atoms with Crippen LogP contribution in [0.1, 0.15) is 16.2 Å². The maximum atomic E-state index is 11.8. The first-order valence-corrected chi connectivity index (χ1v) is 6.98. The highest BCUT2D eigenvalue weighted by Gasteiger charge is 2.19. The van der Waals surface area contributed by atoms with Crippen LogP contribution in [-0.2, 0) is 4.74 Å². The molecule has 0 fully saturated rings. The lowest BCUT2D eigenvalue weighted by Gasteiger charge is -2.06. The minimum absolute atomic E-state index is 0.132. The van der Waals surface area contributed by atoms with Crippen LogP contribution < -0.4 is 4.74 Å². The molecule has 9 heteroatoms. The molecule has 3 heterocycles. The lowest BCUT2D eigenvalue weighted by atomic mass is 10.3. The van der Waals surface area contributed by atoms with Crippen molar-refractivity contribution in [2.45, 2.75) is 6.92 Å². The summed E-state index contributed by atoms with van der Waals surface area (Å²) in [4.78, 5) is 20.3. The standard InChI is InChI=1S/C15H14N6O3/c1-9-7-17-11(8-16-9)12-6-10(15(22)24-3)20-21(12)13-4-5-14(23-2)19-18-13/h4-8H,1-3H3. The molecule has 9 nitrogen and oxygen atoms in total. The number of aromatic nitrogens is 6. The maximum absolute atomic E-state index is 11.8. The highest BCUT2D eigenvalue weighted by atomic mass is 16.5. The average molecular weight is 326 g/mol. The first-order chi connectivity index (χ1) is 11.6. The molecule has 122 valence electrons. The van der Waals surface area contributed by atoms with E-state index in [9.17, 15) is 4.79 Å². The number of esters is 1. The van der Waals surface area contributed by atoms with Crippen LogP contribution in [0.5, 0.6) is 5.88 Å². The van der Waals surface area contributed by atoms with E-state index < -0.39 is 5.97 Å². The monoisotopic (exact) mass is 326 g/mol. The van der Waals surface area contributed by atoms with Gasteiger partial charge in [0.15, 0.2) is 11.5 Å². The molecule has 0 aromatic carbocycles. The van der Waals surface area contributed by atoms with Gasteiger partial charge in [-0.3, -0.25) is 9.97 Å². The maximum Gasteiger partial charge on any atom is 0.358 e. The van der Waals surface area contributed by atoms with Crippen LogP contribution in [0.15, 0.2) is 30.6 Å². The van der Waals surface area contributed by atoms with Crippen molar-refractivity contribution >= 4 is 5.97 Å². The lowest BCUT2D eigenvalue weighted by molar-refractivity contribution is 0.0593. The Labute approximate surface area is 137 Å². The van der Waals surface area contributed by atoms with Crippen LogP contribution in [0.4, 0.5) is 0 Å². The summed E-state index contributed by atoms with van der Waals surface area (Å²) in [5.41, 5.74) is 2.00. The number of hydrogen-bond donors (Lipinski definition) is 0. The molecule has 0 amide bonds. The highest BCUT2D eigenvalue weighted by molar-refractivity contribution is 5.88. The summed E-state index contributed by atoms with van der Waals surface area (Å²) in [5.74, 6) is 0.218. The summed E-state index contributed by atoms with van der Waals surface area (Å²) in [5, 5.41) is 12.2. The van der Waals surface area contributed by atoms with E-state index in [0.717, 1.165) is 5.69 Å². The summed E-state index contributed by atoms with van der Waals surface area (Å²) in [6.45, 7) is 1.84. The average Bonchev–Trinajstić information content (AvgIpc) is 3.07. The van der Waals surface area contributed by atoms with Crippen molar-refractivity contribution in [3.63, 3.8) is 0 Å². The Morgan fingerprint density at radius 3 is 2.54 bits per heavy atom. The molecule has 0 spiro atoms. The quantitative estimate of drug-likeness (QED) is 0.659. The third kappa shape index (κ3) is 2.91. The van der Waals surface area contributed by atoms with Crippen molar-refractivity contribution in [3.05, 3.63) is 42.0 Å². The topological polar surface area (TPSA) is 105 Å². The van der Waals surface area contributed by atoms with Crippen LogP contribution in [0.25, 0.3) is 17.2 Å². The Morgan fingerprint density at radius 2 is 1.96 bits per heavy atom. The van der Waals surface area contributed by atoms with Gasteiger partial charge in [-0.05, 0) is 13.0 Å². The fourth-order valence-corrected chi connectivity index (χ4v) is 2.00. The van der Waals surface area contributed by atoms with Crippen LogP contribution in [-0.4, -0.2) is 50.1 Å². The molecule has 0 bridgehead atoms. The van der Waals surface area contributed by atoms with Gasteiger partial charge in [0.25, 0.3) is 0 Å². The Kier molecular flexibility index (Phi) is 4.15. The highest BCUT2D eigenvalue weighted by Crippen LogP contribution is 2.21. The Bertz CT molecular complexity index is 858. The fourth-order valence-electron chi connectivity index (χ4n) is 2.00. The lowest BCUT2D eigenvalue weighted by Crippen LogP contribution is -2.07. The normalized spacial score (nSPS) is 10.5. The zero-order chi connectivity index (χ0) is 17.1. The molecule has 0 saturated heterocycles. The van der Waals surface area contributed by atoms with Crippen molar-refractivity contribution in [1.29, 1.82) is 0 Å². The predicted octanol–water partition coefficient (Wildman–Crippen LogP) is 1.22. The van der Waals surface area contributed by atoms with Gasteiger partial charge in [0.1, 0.15) is 5.69 Å². The third-order valence-electron chi connectivity index (χ3n) is 3.20. The van der Waals surface area contributed by atoms with E-state index >= 15 is 0 Å². The summed E-state index contributed by atoms with van der Waals surface area (Å²) in [7, 11) is 2.79. The molecule has 24 heavy (non-hydrogen) atoms. The molecule has 0 radical (unpaired) electrons. The molecule has 0 saturated carbocycles. The molecule has 0 unspecified atom stereocenters. The van der Waals surface area contributed by atoms with Gasteiger partial charge < -0.3 is 9.47 Å². The van der Waals surface area contributed by atoms with Crippen LogP contribution >= 0.6 is 0 Å². The number of hydrogen-bond acceptors (Lipinski definition) is 8. The molecule has 0 aliphatic heterocycles. The van der Waals surface area contributed by atoms with Crippen molar-refractivity contribution < 1.29 is 14.3 Å². The summed E-state index contributed by atoms with van der Waals surface area (Å²) >= 11 is 0. The Morgan fingerprint density at radius 1 is 1.12 bits per heavy atom. The van der Waals surface area contributed by atoms with E-state index in [4.69, 9.17) is 9.47 Å². The van der Waals surface area contributed by atoms with Gasteiger partial charge in [0.05, 0.1) is 31.8 Å². The SMILES string of the molecule is COC(=O)c1cc(-c2cnc(C)cn2)n(-c2ccc(OC)nn2)n1. The van der Waals surface area contributed by atoms with Crippen molar-refractivity contribution in [3.8, 4) is 23.1 Å². The molecule has 3 aromatic heterocycles. The van der Waals surface area contributed by atoms with Crippen molar-refractivity contribution in [2.75, 3.05) is 14.2 Å². The van der Waals surface area contributed by atoms with Gasteiger partial charge in [0, 0.05) is 18.3 Å². The predicted molar refractivity (Wildman–Crippen MR) is 82.8 cm³/mol. The minimum atomic E-state index is -0.559. The van der Waals surface area contributed by atoms with Gasteiger partial charge in [-0.1, -0.05) is 0 Å². The molecular formula is C15H14N6O3. The van der Waals surface area contributed by atoms with Crippen LogP contribution in [0.3, 0.4) is 0 Å². The van der Waals surface area contributed by atoms with E-state index in [2.05, 4.69) is 25.3 Å². The molecule has 0 aliphatic carbocycles. The largest absolute Gasteiger partial charge is 0.480 e. The molecule has 0 N–H and O–H groups in total. The summed E-state index contributed by atoms with van der Waals surface area (Å²) in [6, 6.07) is 4.88. The smallest absolute Gasteiger partial charge is 0.358 e. The molecule has 0 atom stereocenters. The van der Waals surface area contributed by atoms with Crippen LogP contribution in [0, 0.1) is 6.92 Å². The molecule has 3 aromatic rings. The van der Waals surface area contributed by atoms with Gasteiger partial charge in [0.2, 0.25) is 5.88 Å². The number of carbonyl (C=O) groups is 1. The van der Waals surface area contributed by atoms with Gasteiger partial charge in [-0.15, -0.1) is 10.2 Å². The number of carbonyl (C=O) groups excluding carboxylic acids is 1.